The maximum atomic E-state index is 4.93. The quantitative estimate of drug-likeness (QED) is 0.678. The van der Waals surface area contributed by atoms with E-state index in [1.807, 2.05) is 0 Å². The first-order chi connectivity index (χ1) is 6.54. The van der Waals surface area contributed by atoms with E-state index >= 15 is 0 Å². The summed E-state index contributed by atoms with van der Waals surface area (Å²) in [6.07, 6.45) is 5.76. The Morgan fingerprint density at radius 2 is 1.64 bits per heavy atom. The maximum absolute atomic E-state index is 4.93. The minimum absolute atomic E-state index is 0.700. The summed E-state index contributed by atoms with van der Waals surface area (Å²) in [5.41, 5.74) is 3.21. The van der Waals surface area contributed by atoms with E-state index in [-0.39, 0.29) is 0 Å². The van der Waals surface area contributed by atoms with Crippen LogP contribution in [0.1, 0.15) is 34.1 Å². The molecule has 0 aliphatic heterocycles. The predicted molar refractivity (Wildman–Crippen MR) is 62.2 cm³/mol. The molecular weight excluding hydrogens is 294 g/mol. The van der Waals surface area contributed by atoms with Crippen molar-refractivity contribution in [3.8, 4) is 0 Å². The molecule has 14 heavy (non-hydrogen) atoms. The Bertz CT molecular complexity index is 217. The molecule has 3 heteroatoms. The van der Waals surface area contributed by atoms with E-state index in [2.05, 4.69) is 39.8 Å². The summed E-state index contributed by atoms with van der Waals surface area (Å²) in [7, 11) is 9.87. The number of hydrogen-bond acceptors (Lipinski definition) is 0. The van der Waals surface area contributed by atoms with E-state index in [9.17, 15) is 0 Å². The Hall–Kier alpha value is 0.943. The molecule has 80 valence electrons. The third kappa shape index (κ3) is 5.14. The molecule has 0 bridgehead atoms. The second kappa shape index (κ2) is 8.14. The first kappa shape index (κ1) is 14.9. The summed E-state index contributed by atoms with van der Waals surface area (Å²) in [6.45, 7) is 9.11. The van der Waals surface area contributed by atoms with Crippen molar-refractivity contribution in [3.05, 3.63) is 23.3 Å². The molecular formula is C11H18Cl2Zr. The fraction of sp³-hybridized carbons (Fsp3) is 0.636. The molecule has 0 fully saturated rings. The zero-order chi connectivity index (χ0) is 11.1. The van der Waals surface area contributed by atoms with Crippen LogP contribution >= 0.6 is 17.0 Å². The van der Waals surface area contributed by atoms with Crippen LogP contribution in [0.25, 0.3) is 0 Å². The van der Waals surface area contributed by atoms with E-state index in [1.165, 1.54) is 6.42 Å². The standard InChI is InChI=1S/C11H18.2ClH.Zr/c1-8(2)10-6-5-7-11(10)9(3)4;;;/h5-6,8-9H,7H2,1-4H3;2*1H;/q;;;+2/p-2. The first-order valence-corrected chi connectivity index (χ1v) is 11.2. The normalized spacial score (nSPS) is 14.9. The summed E-state index contributed by atoms with van der Waals surface area (Å²) < 4.78 is 0. The second-order valence-corrected chi connectivity index (χ2v) is 7.70. The second-order valence-electron chi connectivity index (χ2n) is 3.97. The molecule has 1 aliphatic carbocycles. The van der Waals surface area contributed by atoms with Crippen LogP contribution in [0, 0.1) is 11.8 Å². The molecule has 0 unspecified atom stereocenters. The van der Waals surface area contributed by atoms with Gasteiger partial charge in [-0.2, -0.15) is 0 Å². The van der Waals surface area contributed by atoms with Gasteiger partial charge in [-0.1, -0.05) is 45.4 Å². The van der Waals surface area contributed by atoms with E-state index in [0.29, 0.717) is 5.92 Å². The van der Waals surface area contributed by atoms with Crippen LogP contribution in [-0.2, 0) is 20.8 Å². The van der Waals surface area contributed by atoms with Gasteiger partial charge < -0.3 is 0 Å². The molecule has 0 aromatic heterocycles. The fourth-order valence-electron chi connectivity index (χ4n) is 1.67. The van der Waals surface area contributed by atoms with Gasteiger partial charge in [-0.3, -0.25) is 0 Å². The molecule has 0 atom stereocenters. The van der Waals surface area contributed by atoms with Crippen molar-refractivity contribution in [1.82, 2.24) is 0 Å². The number of rotatable bonds is 2. The zero-order valence-corrected chi connectivity index (χ0v) is 13.2. The van der Waals surface area contributed by atoms with Crippen LogP contribution in [0.2, 0.25) is 0 Å². The van der Waals surface area contributed by atoms with Gasteiger partial charge in [0.1, 0.15) is 0 Å². The van der Waals surface area contributed by atoms with Crippen LogP contribution < -0.4 is 0 Å². The molecule has 0 N–H and O–H groups in total. The van der Waals surface area contributed by atoms with Crippen molar-refractivity contribution in [2.45, 2.75) is 34.1 Å². The van der Waals surface area contributed by atoms with Gasteiger partial charge in [0, 0.05) is 0 Å². The monoisotopic (exact) mass is 310 g/mol. The Labute approximate surface area is 106 Å². The Morgan fingerprint density at radius 1 is 1.14 bits per heavy atom. The van der Waals surface area contributed by atoms with Crippen LogP contribution in [-0.4, -0.2) is 0 Å². The van der Waals surface area contributed by atoms with E-state index < -0.39 is 20.8 Å². The molecule has 0 aromatic carbocycles. The molecule has 0 amide bonds. The Kier molecular flexibility index (Phi) is 8.68. The van der Waals surface area contributed by atoms with Gasteiger partial charge in [0.25, 0.3) is 0 Å². The summed E-state index contributed by atoms with van der Waals surface area (Å²) in [6, 6.07) is 0. The topological polar surface area (TPSA) is 0 Å². The summed E-state index contributed by atoms with van der Waals surface area (Å²) >= 11 is -0.826. The summed E-state index contributed by atoms with van der Waals surface area (Å²) in [5.74, 6) is 1.42. The molecule has 0 spiro atoms. The molecule has 0 aromatic rings. The average molecular weight is 312 g/mol. The van der Waals surface area contributed by atoms with E-state index in [4.69, 9.17) is 17.0 Å². The van der Waals surface area contributed by atoms with Crippen LogP contribution in [0.5, 0.6) is 0 Å². The summed E-state index contributed by atoms with van der Waals surface area (Å²) in [5, 5.41) is 0. The molecule has 0 radical (unpaired) electrons. The van der Waals surface area contributed by atoms with Crippen molar-refractivity contribution >= 4 is 17.0 Å². The Balaban J connectivity index is 0.000000500. The zero-order valence-electron chi connectivity index (χ0n) is 9.27. The van der Waals surface area contributed by atoms with E-state index in [1.54, 1.807) is 11.1 Å². The van der Waals surface area contributed by atoms with Crippen molar-refractivity contribution in [1.29, 1.82) is 0 Å². The van der Waals surface area contributed by atoms with Crippen molar-refractivity contribution in [2.24, 2.45) is 11.8 Å². The van der Waals surface area contributed by atoms with Gasteiger partial charge >= 0.3 is 37.9 Å². The first-order valence-electron chi connectivity index (χ1n) is 4.90. The molecule has 0 heterocycles. The van der Waals surface area contributed by atoms with Gasteiger partial charge in [-0.05, 0) is 23.8 Å². The Morgan fingerprint density at radius 3 is 1.93 bits per heavy atom. The number of allylic oxidation sites excluding steroid dienone is 4. The SMILES string of the molecule is CC(C)C1=C(C(C)C)CC=C1.[Cl][Zr][Cl]. The number of hydrogen-bond donors (Lipinski definition) is 0. The van der Waals surface area contributed by atoms with Crippen molar-refractivity contribution in [2.75, 3.05) is 0 Å². The molecule has 1 rings (SSSR count). The van der Waals surface area contributed by atoms with Gasteiger partial charge in [0.15, 0.2) is 0 Å². The third-order valence-electron chi connectivity index (χ3n) is 2.32. The molecule has 0 nitrogen and oxygen atoms in total. The average Bonchev–Trinajstić information content (AvgIpc) is 2.52. The molecule has 1 aliphatic rings. The summed E-state index contributed by atoms with van der Waals surface area (Å²) in [4.78, 5) is 0. The van der Waals surface area contributed by atoms with Crippen molar-refractivity contribution in [3.63, 3.8) is 0 Å². The third-order valence-corrected chi connectivity index (χ3v) is 2.32. The van der Waals surface area contributed by atoms with Crippen LogP contribution in [0.15, 0.2) is 23.3 Å². The van der Waals surface area contributed by atoms with Crippen LogP contribution in [0.4, 0.5) is 0 Å². The van der Waals surface area contributed by atoms with Gasteiger partial charge in [-0.25, -0.2) is 0 Å². The van der Waals surface area contributed by atoms with Gasteiger partial charge in [0.2, 0.25) is 0 Å². The molecule has 0 saturated heterocycles. The van der Waals surface area contributed by atoms with Gasteiger partial charge in [0.05, 0.1) is 0 Å². The minimum atomic E-state index is -0.826. The predicted octanol–water partition coefficient (Wildman–Crippen LogP) is 4.93. The van der Waals surface area contributed by atoms with E-state index in [0.717, 1.165) is 5.92 Å². The number of halogens is 2. The van der Waals surface area contributed by atoms with Crippen molar-refractivity contribution < 1.29 is 20.8 Å². The van der Waals surface area contributed by atoms with Gasteiger partial charge in [-0.15, -0.1) is 0 Å². The van der Waals surface area contributed by atoms with Crippen LogP contribution in [0.3, 0.4) is 0 Å². The fourth-order valence-corrected chi connectivity index (χ4v) is 1.67. The molecule has 0 saturated carbocycles.